The molecular weight excluding hydrogens is 314 g/mol. The molecule has 1 heterocycles. The fourth-order valence-electron chi connectivity index (χ4n) is 2.25. The van der Waals surface area contributed by atoms with E-state index in [0.29, 0.717) is 28.4 Å². The Balaban J connectivity index is 2.13. The van der Waals surface area contributed by atoms with Crippen molar-refractivity contribution < 1.29 is 19.5 Å². The molecule has 8 nitrogen and oxygen atoms in total. The quantitative estimate of drug-likeness (QED) is 0.592. The highest BCUT2D eigenvalue weighted by Crippen LogP contribution is 2.29. The molecule has 0 radical (unpaired) electrons. The zero-order chi connectivity index (χ0) is 17.7. The van der Waals surface area contributed by atoms with Gasteiger partial charge in [0, 0.05) is 18.2 Å². The maximum atomic E-state index is 10.7. The largest absolute Gasteiger partial charge is 0.497 e. The summed E-state index contributed by atoms with van der Waals surface area (Å²) in [6.07, 6.45) is 0.305. The Morgan fingerprint density at radius 3 is 2.67 bits per heavy atom. The van der Waals surface area contributed by atoms with Crippen LogP contribution >= 0.6 is 0 Å². The van der Waals surface area contributed by atoms with Crippen LogP contribution in [0.5, 0.6) is 11.5 Å². The van der Waals surface area contributed by atoms with E-state index in [1.165, 1.54) is 19.4 Å². The molecule has 1 aromatic heterocycles. The Bertz CT molecular complexity index is 736. The number of aliphatic hydroxyl groups excluding tert-OH is 1. The van der Waals surface area contributed by atoms with E-state index in [2.05, 4.69) is 10.3 Å². The van der Waals surface area contributed by atoms with Gasteiger partial charge in [0.05, 0.1) is 25.2 Å². The fraction of sp³-hybridized carbons (Fsp3) is 0.312. The van der Waals surface area contributed by atoms with Crippen LogP contribution in [-0.4, -0.2) is 35.8 Å². The van der Waals surface area contributed by atoms with Crippen molar-refractivity contribution in [2.24, 2.45) is 0 Å². The highest BCUT2D eigenvalue weighted by molar-refractivity contribution is 5.49. The molecule has 0 amide bonds. The van der Waals surface area contributed by atoms with Crippen LogP contribution in [0.1, 0.15) is 17.2 Å². The van der Waals surface area contributed by atoms with Gasteiger partial charge in [0.1, 0.15) is 23.5 Å². The molecule has 1 atom stereocenters. The van der Waals surface area contributed by atoms with Crippen molar-refractivity contribution in [1.29, 1.82) is 0 Å². The Hall–Kier alpha value is -2.87. The molecule has 24 heavy (non-hydrogen) atoms. The Morgan fingerprint density at radius 2 is 2.08 bits per heavy atom. The van der Waals surface area contributed by atoms with Crippen molar-refractivity contribution in [3.63, 3.8) is 0 Å². The second kappa shape index (κ2) is 7.60. The van der Waals surface area contributed by atoms with Crippen LogP contribution in [0, 0.1) is 17.0 Å². The molecule has 1 unspecified atom stereocenters. The molecule has 128 valence electrons. The lowest BCUT2D eigenvalue weighted by Crippen LogP contribution is -2.14. The molecule has 8 heteroatoms. The number of ether oxygens (including phenoxy) is 2. The van der Waals surface area contributed by atoms with E-state index in [0.717, 1.165) is 0 Å². The standard InChI is InChI=1S/C16H19N3O5/c1-10-6-11(19(21)22)8-17-16(10)18-9-14(20)13-7-12(23-2)4-5-15(13)24-3/h4-8,14,20H,9H2,1-3H3,(H,17,18). The van der Waals surface area contributed by atoms with Crippen molar-refractivity contribution in [2.45, 2.75) is 13.0 Å². The molecule has 0 bridgehead atoms. The lowest BCUT2D eigenvalue weighted by molar-refractivity contribution is -0.385. The van der Waals surface area contributed by atoms with Crippen molar-refractivity contribution >= 4 is 11.5 Å². The van der Waals surface area contributed by atoms with Gasteiger partial charge in [-0.2, -0.15) is 0 Å². The van der Waals surface area contributed by atoms with Gasteiger partial charge >= 0.3 is 0 Å². The number of rotatable bonds is 7. The molecule has 0 aliphatic heterocycles. The van der Waals surface area contributed by atoms with Gasteiger partial charge in [-0.25, -0.2) is 4.98 Å². The lowest BCUT2D eigenvalue weighted by atomic mass is 10.1. The van der Waals surface area contributed by atoms with Gasteiger partial charge in [-0.3, -0.25) is 10.1 Å². The van der Waals surface area contributed by atoms with Crippen LogP contribution in [0.4, 0.5) is 11.5 Å². The summed E-state index contributed by atoms with van der Waals surface area (Å²) in [5.74, 6) is 1.62. The third-order valence-electron chi connectivity index (χ3n) is 3.53. The monoisotopic (exact) mass is 333 g/mol. The summed E-state index contributed by atoms with van der Waals surface area (Å²) in [4.78, 5) is 14.2. The van der Waals surface area contributed by atoms with Gasteiger partial charge in [-0.1, -0.05) is 0 Å². The van der Waals surface area contributed by atoms with E-state index in [1.807, 2.05) is 0 Å². The van der Waals surface area contributed by atoms with E-state index in [-0.39, 0.29) is 12.2 Å². The number of hydrogen-bond donors (Lipinski definition) is 2. The number of aryl methyl sites for hydroxylation is 1. The molecule has 0 saturated heterocycles. The molecule has 2 N–H and O–H groups in total. The number of nitrogens with one attached hydrogen (secondary N) is 1. The minimum absolute atomic E-state index is 0.0759. The summed E-state index contributed by atoms with van der Waals surface area (Å²) in [6, 6.07) is 6.58. The summed E-state index contributed by atoms with van der Waals surface area (Å²) in [5, 5.41) is 24.1. The fourth-order valence-corrected chi connectivity index (χ4v) is 2.25. The highest BCUT2D eigenvalue weighted by Gasteiger charge is 2.16. The van der Waals surface area contributed by atoms with E-state index in [9.17, 15) is 15.2 Å². The summed E-state index contributed by atoms with van der Waals surface area (Å²) in [5.41, 5.74) is 1.12. The average molecular weight is 333 g/mol. The predicted octanol–water partition coefficient (Wildman–Crippen LogP) is 2.46. The molecular formula is C16H19N3O5. The molecule has 0 saturated carbocycles. The summed E-state index contributed by atoms with van der Waals surface area (Å²) in [7, 11) is 3.06. The van der Waals surface area contributed by atoms with Crippen molar-refractivity contribution in [2.75, 3.05) is 26.1 Å². The van der Waals surface area contributed by atoms with E-state index in [4.69, 9.17) is 9.47 Å². The SMILES string of the molecule is COc1ccc(OC)c(C(O)CNc2ncc([N+](=O)[O-])cc2C)c1. The number of aliphatic hydroxyl groups is 1. The molecule has 0 aliphatic carbocycles. The van der Waals surface area contributed by atoms with Crippen molar-refractivity contribution in [1.82, 2.24) is 4.98 Å². The average Bonchev–Trinajstić information content (AvgIpc) is 2.59. The molecule has 0 spiro atoms. The van der Waals surface area contributed by atoms with Crippen LogP contribution in [0.15, 0.2) is 30.5 Å². The zero-order valence-electron chi connectivity index (χ0n) is 13.6. The van der Waals surface area contributed by atoms with Gasteiger partial charge < -0.3 is 19.9 Å². The van der Waals surface area contributed by atoms with Gasteiger partial charge in [-0.15, -0.1) is 0 Å². The number of nitro groups is 1. The van der Waals surface area contributed by atoms with Gasteiger partial charge in [0.15, 0.2) is 0 Å². The molecule has 1 aromatic carbocycles. The van der Waals surface area contributed by atoms with Gasteiger partial charge in [0.25, 0.3) is 5.69 Å². The topological polar surface area (TPSA) is 107 Å². The van der Waals surface area contributed by atoms with Crippen molar-refractivity contribution in [3.05, 3.63) is 51.7 Å². The number of hydrogen-bond acceptors (Lipinski definition) is 7. The van der Waals surface area contributed by atoms with E-state index >= 15 is 0 Å². The van der Waals surface area contributed by atoms with Crippen LogP contribution in [0.3, 0.4) is 0 Å². The number of nitrogens with zero attached hydrogens (tertiary/aromatic N) is 2. The third-order valence-corrected chi connectivity index (χ3v) is 3.53. The number of aromatic nitrogens is 1. The van der Waals surface area contributed by atoms with Crippen LogP contribution < -0.4 is 14.8 Å². The number of methoxy groups -OCH3 is 2. The molecule has 0 aliphatic rings. The highest BCUT2D eigenvalue weighted by atomic mass is 16.6. The normalized spacial score (nSPS) is 11.7. The Kier molecular flexibility index (Phi) is 5.54. The first kappa shape index (κ1) is 17.5. The first-order chi connectivity index (χ1) is 11.5. The molecule has 2 rings (SSSR count). The van der Waals surface area contributed by atoms with Crippen LogP contribution in [0.25, 0.3) is 0 Å². The smallest absolute Gasteiger partial charge is 0.287 e. The maximum Gasteiger partial charge on any atom is 0.287 e. The second-order valence-electron chi connectivity index (χ2n) is 5.12. The number of anilines is 1. The third kappa shape index (κ3) is 3.90. The maximum absolute atomic E-state index is 10.7. The number of benzene rings is 1. The first-order valence-electron chi connectivity index (χ1n) is 7.21. The van der Waals surface area contributed by atoms with E-state index in [1.54, 1.807) is 32.2 Å². The zero-order valence-corrected chi connectivity index (χ0v) is 13.6. The Morgan fingerprint density at radius 1 is 1.33 bits per heavy atom. The van der Waals surface area contributed by atoms with Gasteiger partial charge in [-0.05, 0) is 30.7 Å². The van der Waals surface area contributed by atoms with Crippen molar-refractivity contribution in [3.8, 4) is 11.5 Å². The van der Waals surface area contributed by atoms with E-state index < -0.39 is 11.0 Å². The second-order valence-corrected chi connectivity index (χ2v) is 5.12. The van der Waals surface area contributed by atoms with Gasteiger partial charge in [0.2, 0.25) is 0 Å². The van der Waals surface area contributed by atoms with Crippen LogP contribution in [0.2, 0.25) is 0 Å². The summed E-state index contributed by atoms with van der Waals surface area (Å²) < 4.78 is 10.4. The summed E-state index contributed by atoms with van der Waals surface area (Å²) in [6.45, 7) is 1.87. The minimum Gasteiger partial charge on any atom is -0.497 e. The molecule has 2 aromatic rings. The first-order valence-corrected chi connectivity index (χ1v) is 7.21. The lowest BCUT2D eigenvalue weighted by Gasteiger charge is -2.17. The Labute approximate surface area is 139 Å². The van der Waals surface area contributed by atoms with Crippen LogP contribution in [-0.2, 0) is 0 Å². The minimum atomic E-state index is -0.869. The predicted molar refractivity (Wildman–Crippen MR) is 88.6 cm³/mol. The number of pyridine rings is 1. The summed E-state index contributed by atoms with van der Waals surface area (Å²) >= 11 is 0. The molecule has 0 fully saturated rings.